The third kappa shape index (κ3) is 2.09. The van der Waals surface area contributed by atoms with Crippen molar-refractivity contribution in [1.82, 2.24) is 9.55 Å². The first-order valence-corrected chi connectivity index (χ1v) is 5.21. The molecule has 5 nitrogen and oxygen atoms in total. The minimum atomic E-state index is -0.962. The molecule has 0 saturated heterocycles. The number of carboxylic acid groups (broad SMARTS) is 1. The minimum Gasteiger partial charge on any atom is -0.479 e. The maximum atomic E-state index is 11.1. The molecule has 0 spiro atoms. The second-order valence-electron chi connectivity index (χ2n) is 4.24. The number of rotatable bonds is 5. The monoisotopic (exact) mass is 226 g/mol. The van der Waals surface area contributed by atoms with Crippen LogP contribution in [-0.4, -0.2) is 33.8 Å². The highest BCUT2D eigenvalue weighted by atomic mass is 16.5. The van der Waals surface area contributed by atoms with Gasteiger partial charge in [-0.3, -0.25) is 0 Å². The smallest absolute Gasteiger partial charge is 0.333 e. The highest BCUT2D eigenvalue weighted by molar-refractivity contribution is 5.74. The van der Waals surface area contributed by atoms with E-state index in [2.05, 4.69) is 4.98 Å². The maximum Gasteiger partial charge on any atom is 0.333 e. The highest BCUT2D eigenvalue weighted by Gasteiger charge is 2.39. The van der Waals surface area contributed by atoms with Crippen molar-refractivity contribution in [1.29, 1.82) is 0 Å². The summed E-state index contributed by atoms with van der Waals surface area (Å²) in [6.07, 6.45) is 2.51. The molecule has 5 heteroatoms. The third-order valence-electron chi connectivity index (χ3n) is 2.83. The molecule has 0 fully saturated rings. The Bertz CT molecular complexity index is 371. The molecule has 1 heterocycles. The van der Waals surface area contributed by atoms with E-state index in [-0.39, 0.29) is 0 Å². The zero-order valence-corrected chi connectivity index (χ0v) is 10.1. The van der Waals surface area contributed by atoms with Gasteiger partial charge in [0.25, 0.3) is 0 Å². The van der Waals surface area contributed by atoms with Gasteiger partial charge in [-0.25, -0.2) is 9.78 Å². The van der Waals surface area contributed by atoms with Gasteiger partial charge in [0.15, 0.2) is 6.10 Å². The number of hydrogen-bond acceptors (Lipinski definition) is 3. The van der Waals surface area contributed by atoms with Gasteiger partial charge in [-0.2, -0.15) is 0 Å². The van der Waals surface area contributed by atoms with Crippen molar-refractivity contribution in [2.75, 3.05) is 7.11 Å². The molecule has 90 valence electrons. The Morgan fingerprint density at radius 2 is 2.31 bits per heavy atom. The van der Waals surface area contributed by atoms with E-state index in [0.29, 0.717) is 0 Å². The number of carboxylic acids is 1. The average Bonchev–Trinajstić information content (AvgIpc) is 2.65. The van der Waals surface area contributed by atoms with E-state index in [9.17, 15) is 4.79 Å². The number of methoxy groups -OCH3 is 1. The van der Waals surface area contributed by atoms with Crippen molar-refractivity contribution in [2.24, 2.45) is 0 Å². The Morgan fingerprint density at radius 1 is 1.69 bits per heavy atom. The quantitative estimate of drug-likeness (QED) is 0.821. The zero-order valence-electron chi connectivity index (χ0n) is 10.1. The molecule has 1 unspecified atom stereocenters. The van der Waals surface area contributed by atoms with Gasteiger partial charge in [-0.05, 0) is 6.92 Å². The van der Waals surface area contributed by atoms with Gasteiger partial charge in [-0.15, -0.1) is 0 Å². The molecule has 1 aromatic rings. The fourth-order valence-corrected chi connectivity index (χ4v) is 1.95. The van der Waals surface area contributed by atoms with Crippen LogP contribution in [0.1, 0.15) is 26.5 Å². The average molecular weight is 226 g/mol. The second kappa shape index (κ2) is 4.65. The van der Waals surface area contributed by atoms with Crippen LogP contribution < -0.4 is 0 Å². The number of hydrogen-bond donors (Lipinski definition) is 1. The van der Waals surface area contributed by atoms with Crippen LogP contribution in [0.4, 0.5) is 0 Å². The number of carbonyl (C=O) groups is 1. The highest BCUT2D eigenvalue weighted by Crippen LogP contribution is 2.28. The Hall–Kier alpha value is -1.36. The first kappa shape index (κ1) is 12.7. The van der Waals surface area contributed by atoms with Crippen LogP contribution >= 0.6 is 0 Å². The van der Waals surface area contributed by atoms with Crippen molar-refractivity contribution in [3.8, 4) is 0 Å². The fourth-order valence-electron chi connectivity index (χ4n) is 1.95. The van der Waals surface area contributed by atoms with Crippen LogP contribution in [0, 0.1) is 0 Å². The molecule has 0 aliphatic heterocycles. The number of imidazole rings is 1. The summed E-state index contributed by atoms with van der Waals surface area (Å²) in [5.41, 5.74) is 0.247. The molecular formula is C11H18N2O3. The van der Waals surface area contributed by atoms with Crippen LogP contribution in [0.15, 0.2) is 12.5 Å². The van der Waals surface area contributed by atoms with E-state index in [1.54, 1.807) is 12.5 Å². The summed E-state index contributed by atoms with van der Waals surface area (Å²) in [6.45, 7) is 6.44. The van der Waals surface area contributed by atoms with Gasteiger partial charge in [0.2, 0.25) is 0 Å². The van der Waals surface area contributed by atoms with Gasteiger partial charge in [0.05, 0.1) is 6.33 Å². The van der Waals surface area contributed by atoms with Crippen molar-refractivity contribution < 1.29 is 14.6 Å². The van der Waals surface area contributed by atoms with Crippen molar-refractivity contribution >= 4 is 5.97 Å². The van der Waals surface area contributed by atoms with E-state index >= 15 is 0 Å². The molecular weight excluding hydrogens is 208 g/mol. The molecule has 0 saturated carbocycles. The van der Waals surface area contributed by atoms with Gasteiger partial charge >= 0.3 is 5.97 Å². The van der Waals surface area contributed by atoms with E-state index < -0.39 is 17.5 Å². The number of aromatic nitrogens is 2. The number of aryl methyl sites for hydroxylation is 1. The summed E-state index contributed by atoms with van der Waals surface area (Å²) >= 11 is 0. The normalized spacial score (nSPS) is 13.8. The van der Waals surface area contributed by atoms with Crippen molar-refractivity contribution in [3.63, 3.8) is 0 Å². The lowest BCUT2D eigenvalue weighted by molar-refractivity contribution is -0.152. The molecule has 0 aliphatic rings. The van der Waals surface area contributed by atoms with Crippen LogP contribution in [-0.2, 0) is 21.5 Å². The molecule has 0 amide bonds. The van der Waals surface area contributed by atoms with Crippen molar-refractivity contribution in [3.05, 3.63) is 18.2 Å². The van der Waals surface area contributed by atoms with Crippen LogP contribution in [0.2, 0.25) is 0 Å². The SMILES string of the molecule is CCn1cncc1C(C)(C)C(OC)C(=O)O. The lowest BCUT2D eigenvalue weighted by atomic mass is 9.83. The molecule has 0 aliphatic carbocycles. The third-order valence-corrected chi connectivity index (χ3v) is 2.83. The predicted molar refractivity (Wildman–Crippen MR) is 59.4 cm³/mol. The van der Waals surface area contributed by atoms with Crippen LogP contribution in [0.25, 0.3) is 0 Å². The zero-order chi connectivity index (χ0) is 12.3. The van der Waals surface area contributed by atoms with Crippen LogP contribution in [0.5, 0.6) is 0 Å². The molecule has 1 aromatic heterocycles. The molecule has 0 bridgehead atoms. The summed E-state index contributed by atoms with van der Waals surface area (Å²) in [5.74, 6) is -0.962. The van der Waals surface area contributed by atoms with Crippen molar-refractivity contribution in [2.45, 2.75) is 38.8 Å². The first-order valence-electron chi connectivity index (χ1n) is 5.21. The minimum absolute atomic E-state index is 0.618. The Morgan fingerprint density at radius 3 is 2.75 bits per heavy atom. The lowest BCUT2D eigenvalue weighted by Crippen LogP contribution is -2.42. The van der Waals surface area contributed by atoms with E-state index in [1.807, 2.05) is 25.3 Å². The van der Waals surface area contributed by atoms with Gasteiger partial charge in [0.1, 0.15) is 0 Å². The molecule has 0 aromatic carbocycles. The topological polar surface area (TPSA) is 64.4 Å². The molecule has 1 atom stereocenters. The Balaban J connectivity index is 3.13. The van der Waals surface area contributed by atoms with Gasteiger partial charge in [0, 0.05) is 31.0 Å². The van der Waals surface area contributed by atoms with Gasteiger partial charge < -0.3 is 14.4 Å². The second-order valence-corrected chi connectivity index (χ2v) is 4.24. The van der Waals surface area contributed by atoms with E-state index in [0.717, 1.165) is 12.2 Å². The molecule has 1 N–H and O–H groups in total. The standard InChI is InChI=1S/C11H18N2O3/c1-5-13-7-12-6-8(13)11(2,3)9(16-4)10(14)15/h6-7,9H,5H2,1-4H3,(H,14,15). The maximum absolute atomic E-state index is 11.1. The Kier molecular flexibility index (Phi) is 3.70. The summed E-state index contributed by atoms with van der Waals surface area (Å²) in [4.78, 5) is 15.2. The summed E-state index contributed by atoms with van der Waals surface area (Å²) in [6, 6.07) is 0. The van der Waals surface area contributed by atoms with E-state index in [4.69, 9.17) is 9.84 Å². The fraction of sp³-hybridized carbons (Fsp3) is 0.636. The first-order chi connectivity index (χ1) is 7.45. The number of nitrogens with zero attached hydrogens (tertiary/aromatic N) is 2. The lowest BCUT2D eigenvalue weighted by Gasteiger charge is -2.30. The number of ether oxygens (including phenoxy) is 1. The molecule has 1 rings (SSSR count). The molecule has 0 radical (unpaired) electrons. The summed E-state index contributed by atoms with van der Waals surface area (Å²) in [5, 5.41) is 9.12. The van der Waals surface area contributed by atoms with Crippen LogP contribution in [0.3, 0.4) is 0 Å². The summed E-state index contributed by atoms with van der Waals surface area (Å²) in [7, 11) is 1.41. The van der Waals surface area contributed by atoms with E-state index in [1.165, 1.54) is 7.11 Å². The number of aliphatic carboxylic acids is 1. The Labute approximate surface area is 95.1 Å². The van der Waals surface area contributed by atoms with Gasteiger partial charge in [-0.1, -0.05) is 13.8 Å². The molecule has 16 heavy (non-hydrogen) atoms. The largest absolute Gasteiger partial charge is 0.479 e. The summed E-state index contributed by atoms with van der Waals surface area (Å²) < 4.78 is 6.98. The predicted octanol–water partition coefficient (Wildman–Crippen LogP) is 1.28.